The Morgan fingerprint density at radius 2 is 2.03 bits per heavy atom. The van der Waals surface area contributed by atoms with Gasteiger partial charge >= 0.3 is 5.97 Å². The summed E-state index contributed by atoms with van der Waals surface area (Å²) in [5.41, 5.74) is 2.88. The van der Waals surface area contributed by atoms with Crippen LogP contribution in [-0.2, 0) is 17.9 Å². The molecule has 0 aliphatic rings. The maximum absolute atomic E-state index is 13.1. The number of Topliss-reactive ketones (excluding diaryl/α,β-unsaturated/α-hetero) is 1. The maximum Gasteiger partial charge on any atom is 0.339 e. The summed E-state index contributed by atoms with van der Waals surface area (Å²) >= 11 is 1.55. The summed E-state index contributed by atoms with van der Waals surface area (Å²) in [5, 5.41) is 6.95. The summed E-state index contributed by atoms with van der Waals surface area (Å²) in [6.45, 7) is 4.07. The molecule has 31 heavy (non-hydrogen) atoms. The summed E-state index contributed by atoms with van der Waals surface area (Å²) in [4.78, 5) is 30.5. The molecule has 0 aliphatic heterocycles. The van der Waals surface area contributed by atoms with E-state index in [1.165, 1.54) is 14.0 Å². The van der Waals surface area contributed by atoms with Crippen LogP contribution in [0, 0.1) is 0 Å². The molecule has 7 nitrogen and oxygen atoms in total. The fourth-order valence-electron chi connectivity index (χ4n) is 3.33. The summed E-state index contributed by atoms with van der Waals surface area (Å²) in [7, 11) is 1.53. The highest BCUT2D eigenvalue weighted by Gasteiger charge is 2.19. The molecule has 0 amide bonds. The van der Waals surface area contributed by atoms with E-state index < -0.39 is 5.97 Å². The van der Waals surface area contributed by atoms with Gasteiger partial charge in [0.1, 0.15) is 12.4 Å². The molecule has 0 N–H and O–H groups in total. The molecule has 3 heterocycles. The number of ether oxygens (including phenoxy) is 2. The number of fused-ring (bicyclic) bond motifs is 1. The Bertz CT molecular complexity index is 1260. The lowest BCUT2D eigenvalue weighted by molar-refractivity contribution is 0.0472. The molecule has 0 bridgehead atoms. The number of aromatic nitrogens is 3. The fourth-order valence-corrected chi connectivity index (χ4v) is 4.02. The van der Waals surface area contributed by atoms with Crippen molar-refractivity contribution in [3.8, 4) is 16.3 Å². The quantitative estimate of drug-likeness (QED) is 0.308. The number of methoxy groups -OCH3 is 1. The lowest BCUT2D eigenvalue weighted by Crippen LogP contribution is -2.08. The van der Waals surface area contributed by atoms with E-state index in [9.17, 15) is 9.59 Å². The molecule has 4 aromatic rings. The normalized spacial score (nSPS) is 10.9. The van der Waals surface area contributed by atoms with Crippen LogP contribution in [0.5, 0.6) is 5.75 Å². The van der Waals surface area contributed by atoms with Crippen molar-refractivity contribution in [1.82, 2.24) is 14.8 Å². The Balaban J connectivity index is 1.69. The Morgan fingerprint density at radius 1 is 1.19 bits per heavy atom. The van der Waals surface area contributed by atoms with Gasteiger partial charge in [-0.1, -0.05) is 6.07 Å². The Kier molecular flexibility index (Phi) is 5.81. The lowest BCUT2D eigenvalue weighted by Gasteiger charge is -2.11. The molecule has 0 spiro atoms. The second-order valence-electron chi connectivity index (χ2n) is 6.89. The summed E-state index contributed by atoms with van der Waals surface area (Å²) < 4.78 is 12.7. The summed E-state index contributed by atoms with van der Waals surface area (Å²) in [6, 6.07) is 10.7. The van der Waals surface area contributed by atoms with Crippen LogP contribution in [0.2, 0.25) is 0 Å². The number of hydrogen-bond donors (Lipinski definition) is 0. The molecule has 0 aliphatic carbocycles. The molecule has 0 radical (unpaired) electrons. The highest BCUT2D eigenvalue weighted by Crippen LogP contribution is 2.29. The molecule has 0 atom stereocenters. The minimum Gasteiger partial charge on any atom is -0.496 e. The van der Waals surface area contributed by atoms with Gasteiger partial charge in [-0.25, -0.2) is 14.5 Å². The number of thiophene rings is 1. The Morgan fingerprint density at radius 3 is 2.71 bits per heavy atom. The van der Waals surface area contributed by atoms with Crippen LogP contribution < -0.4 is 4.74 Å². The lowest BCUT2D eigenvalue weighted by atomic mass is 10.1. The van der Waals surface area contributed by atoms with E-state index in [1.807, 2.05) is 24.4 Å². The van der Waals surface area contributed by atoms with E-state index in [0.29, 0.717) is 45.7 Å². The molecule has 1 aromatic carbocycles. The summed E-state index contributed by atoms with van der Waals surface area (Å²) in [5.74, 6) is -0.00876. The SMILES string of the molecule is CCn1ncc2c(C(=O)OCc3cc(C(C)=O)ccc3OC)cc(-c3cccs3)nc21. The zero-order valence-corrected chi connectivity index (χ0v) is 18.2. The third-order valence-electron chi connectivity index (χ3n) is 4.95. The molecular weight excluding hydrogens is 414 g/mol. The molecule has 0 saturated heterocycles. The fraction of sp³-hybridized carbons (Fsp3) is 0.217. The largest absolute Gasteiger partial charge is 0.496 e. The third-order valence-corrected chi connectivity index (χ3v) is 5.84. The van der Waals surface area contributed by atoms with Gasteiger partial charge < -0.3 is 9.47 Å². The number of esters is 1. The molecule has 0 fully saturated rings. The van der Waals surface area contributed by atoms with Gasteiger partial charge in [-0.15, -0.1) is 11.3 Å². The Labute approximate surface area is 183 Å². The molecule has 8 heteroatoms. The van der Waals surface area contributed by atoms with Crippen molar-refractivity contribution in [2.45, 2.75) is 27.0 Å². The first-order valence-electron chi connectivity index (χ1n) is 9.77. The second kappa shape index (κ2) is 8.69. The number of rotatable bonds is 7. The molecule has 158 valence electrons. The van der Waals surface area contributed by atoms with E-state index >= 15 is 0 Å². The first-order valence-corrected chi connectivity index (χ1v) is 10.6. The van der Waals surface area contributed by atoms with Gasteiger partial charge in [-0.2, -0.15) is 5.10 Å². The van der Waals surface area contributed by atoms with Crippen LogP contribution in [0.25, 0.3) is 21.6 Å². The van der Waals surface area contributed by atoms with Gasteiger partial charge in [0, 0.05) is 17.7 Å². The highest BCUT2D eigenvalue weighted by molar-refractivity contribution is 7.13. The minimum atomic E-state index is -0.490. The first-order chi connectivity index (χ1) is 15.0. The molecule has 0 unspecified atom stereocenters. The predicted molar refractivity (Wildman–Crippen MR) is 119 cm³/mol. The van der Waals surface area contributed by atoms with Gasteiger partial charge in [-0.05, 0) is 49.6 Å². The third kappa shape index (κ3) is 4.06. The van der Waals surface area contributed by atoms with Crippen LogP contribution in [0.1, 0.15) is 40.1 Å². The molecule has 3 aromatic heterocycles. The average Bonchev–Trinajstić information content (AvgIpc) is 3.46. The van der Waals surface area contributed by atoms with Crippen molar-refractivity contribution in [2.75, 3.05) is 7.11 Å². The van der Waals surface area contributed by atoms with E-state index in [2.05, 4.69) is 5.10 Å². The summed E-state index contributed by atoms with van der Waals surface area (Å²) in [6.07, 6.45) is 1.64. The van der Waals surface area contributed by atoms with Crippen LogP contribution in [0.3, 0.4) is 0 Å². The monoisotopic (exact) mass is 435 g/mol. The Hall–Kier alpha value is -3.52. The van der Waals surface area contributed by atoms with Gasteiger partial charge in [-0.3, -0.25) is 4.79 Å². The van der Waals surface area contributed by atoms with Crippen LogP contribution >= 0.6 is 11.3 Å². The van der Waals surface area contributed by atoms with Crippen LogP contribution in [0.4, 0.5) is 0 Å². The number of nitrogens with zero attached hydrogens (tertiary/aromatic N) is 3. The average molecular weight is 436 g/mol. The van der Waals surface area contributed by atoms with Crippen molar-refractivity contribution in [1.29, 1.82) is 0 Å². The van der Waals surface area contributed by atoms with Crippen molar-refractivity contribution < 1.29 is 19.1 Å². The van der Waals surface area contributed by atoms with Gasteiger partial charge in [0.25, 0.3) is 0 Å². The van der Waals surface area contributed by atoms with Gasteiger partial charge in [0.15, 0.2) is 11.4 Å². The topological polar surface area (TPSA) is 83.3 Å². The van der Waals surface area contributed by atoms with Gasteiger partial charge in [0.2, 0.25) is 0 Å². The number of carbonyl (C=O) groups excluding carboxylic acids is 2. The van der Waals surface area contributed by atoms with Gasteiger partial charge in [0.05, 0.1) is 34.8 Å². The second-order valence-corrected chi connectivity index (χ2v) is 7.84. The molecule has 0 saturated carbocycles. The van der Waals surface area contributed by atoms with E-state index in [1.54, 1.807) is 46.5 Å². The molecular formula is C23H21N3O4S. The van der Waals surface area contributed by atoms with E-state index in [-0.39, 0.29) is 12.4 Å². The van der Waals surface area contributed by atoms with Crippen LogP contribution in [0.15, 0.2) is 48.0 Å². The van der Waals surface area contributed by atoms with E-state index in [4.69, 9.17) is 14.5 Å². The number of ketones is 1. The smallest absolute Gasteiger partial charge is 0.339 e. The number of hydrogen-bond acceptors (Lipinski definition) is 7. The first kappa shape index (κ1) is 20.7. The molecule has 4 rings (SSSR count). The number of aryl methyl sites for hydroxylation is 1. The minimum absolute atomic E-state index is 0.0246. The zero-order chi connectivity index (χ0) is 22.0. The van der Waals surface area contributed by atoms with Crippen molar-refractivity contribution in [3.63, 3.8) is 0 Å². The van der Waals surface area contributed by atoms with Crippen molar-refractivity contribution in [2.24, 2.45) is 0 Å². The van der Waals surface area contributed by atoms with Crippen LogP contribution in [-0.4, -0.2) is 33.6 Å². The number of carbonyl (C=O) groups is 2. The van der Waals surface area contributed by atoms with Crippen molar-refractivity contribution >= 4 is 34.1 Å². The highest BCUT2D eigenvalue weighted by atomic mass is 32.1. The van der Waals surface area contributed by atoms with Crippen molar-refractivity contribution in [3.05, 3.63) is 64.7 Å². The zero-order valence-electron chi connectivity index (χ0n) is 17.4. The predicted octanol–water partition coefficient (Wildman–Crippen LogP) is 4.75. The van der Waals surface area contributed by atoms with E-state index in [0.717, 1.165) is 4.88 Å². The maximum atomic E-state index is 13.1. The number of benzene rings is 1. The number of pyridine rings is 1. The standard InChI is InChI=1S/C23H21N3O4S/c1-4-26-22-18(12-24-26)17(11-19(25-22)21-6-5-9-31-21)23(28)30-13-16-10-15(14(2)27)7-8-20(16)29-3/h5-12H,4,13H2,1-3H3.